The summed E-state index contributed by atoms with van der Waals surface area (Å²) in [4.78, 5) is 17.9. The van der Waals surface area contributed by atoms with E-state index in [1.54, 1.807) is 0 Å². The average molecular weight is 260 g/mol. The molecule has 4 rings (SSSR count). The molecule has 3 heterocycles. The molecular formula is C13H20N6. The van der Waals surface area contributed by atoms with Crippen LogP contribution in [0.1, 0.15) is 32.1 Å². The number of anilines is 3. The van der Waals surface area contributed by atoms with E-state index >= 15 is 0 Å². The Kier molecular flexibility index (Phi) is 2.50. The van der Waals surface area contributed by atoms with Crippen molar-refractivity contribution in [2.75, 3.05) is 35.2 Å². The molecule has 1 saturated carbocycles. The molecule has 0 spiro atoms. The zero-order chi connectivity index (χ0) is 12.8. The fourth-order valence-corrected chi connectivity index (χ4v) is 3.73. The molecule has 1 aromatic heterocycles. The van der Waals surface area contributed by atoms with Crippen molar-refractivity contribution in [1.82, 2.24) is 15.0 Å². The Hall–Kier alpha value is -1.59. The maximum Gasteiger partial charge on any atom is 0.232 e. The molecule has 2 bridgehead atoms. The Morgan fingerprint density at radius 2 is 1.79 bits per heavy atom. The van der Waals surface area contributed by atoms with Gasteiger partial charge in [0.15, 0.2) is 0 Å². The number of nitrogens with zero attached hydrogens (tertiary/aromatic N) is 5. The van der Waals surface area contributed by atoms with Crippen molar-refractivity contribution in [2.24, 2.45) is 5.92 Å². The van der Waals surface area contributed by atoms with Gasteiger partial charge in [-0.3, -0.25) is 0 Å². The van der Waals surface area contributed by atoms with E-state index in [1.807, 2.05) is 0 Å². The summed E-state index contributed by atoms with van der Waals surface area (Å²) in [6, 6.07) is 0.623. The van der Waals surface area contributed by atoms with Crippen LogP contribution >= 0.6 is 0 Å². The largest absolute Gasteiger partial charge is 0.368 e. The third-order valence-electron chi connectivity index (χ3n) is 4.68. The van der Waals surface area contributed by atoms with E-state index in [1.165, 1.54) is 32.1 Å². The quantitative estimate of drug-likeness (QED) is 0.856. The molecule has 1 aliphatic carbocycles. The Bertz CT molecular complexity index is 484. The van der Waals surface area contributed by atoms with Gasteiger partial charge in [0.25, 0.3) is 0 Å². The van der Waals surface area contributed by atoms with Crippen molar-refractivity contribution in [3.8, 4) is 0 Å². The summed E-state index contributed by atoms with van der Waals surface area (Å²) in [5, 5.41) is 0. The lowest BCUT2D eigenvalue weighted by Crippen LogP contribution is -2.34. The average Bonchev–Trinajstić information content (AvgIpc) is 3.15. The summed E-state index contributed by atoms with van der Waals surface area (Å²) >= 11 is 0. The maximum absolute atomic E-state index is 5.88. The third-order valence-corrected chi connectivity index (χ3v) is 4.68. The van der Waals surface area contributed by atoms with Gasteiger partial charge in [0.05, 0.1) is 0 Å². The Balaban J connectivity index is 1.64. The molecule has 1 aromatic rings. The van der Waals surface area contributed by atoms with Crippen LogP contribution in [0, 0.1) is 5.92 Å². The second-order valence-corrected chi connectivity index (χ2v) is 5.97. The Morgan fingerprint density at radius 1 is 1.00 bits per heavy atom. The van der Waals surface area contributed by atoms with Gasteiger partial charge in [-0.1, -0.05) is 0 Å². The Labute approximate surface area is 113 Å². The van der Waals surface area contributed by atoms with Crippen molar-refractivity contribution in [1.29, 1.82) is 0 Å². The molecule has 2 unspecified atom stereocenters. The number of nitrogen functional groups attached to an aromatic ring is 1. The molecule has 102 valence electrons. The number of hydrogen-bond acceptors (Lipinski definition) is 6. The maximum atomic E-state index is 5.88. The number of piperidine rings is 1. The van der Waals surface area contributed by atoms with E-state index in [-0.39, 0.29) is 0 Å². The summed E-state index contributed by atoms with van der Waals surface area (Å²) in [6.45, 7) is 3.16. The van der Waals surface area contributed by atoms with Crippen LogP contribution in [-0.4, -0.2) is 40.6 Å². The highest BCUT2D eigenvalue weighted by Gasteiger charge is 2.39. The van der Waals surface area contributed by atoms with Crippen molar-refractivity contribution < 1.29 is 0 Å². The molecule has 3 aliphatic rings. The van der Waals surface area contributed by atoms with Crippen molar-refractivity contribution >= 4 is 17.8 Å². The van der Waals surface area contributed by atoms with Crippen molar-refractivity contribution in [2.45, 2.75) is 38.1 Å². The molecule has 0 radical (unpaired) electrons. The second-order valence-electron chi connectivity index (χ2n) is 5.97. The fourth-order valence-electron chi connectivity index (χ4n) is 3.73. The zero-order valence-corrected chi connectivity index (χ0v) is 11.1. The van der Waals surface area contributed by atoms with Crippen LogP contribution in [0.15, 0.2) is 0 Å². The normalized spacial score (nSPS) is 29.5. The minimum absolute atomic E-state index is 0.356. The topological polar surface area (TPSA) is 71.2 Å². The molecule has 0 aromatic carbocycles. The van der Waals surface area contributed by atoms with Crippen molar-refractivity contribution in [3.63, 3.8) is 0 Å². The molecular weight excluding hydrogens is 240 g/mol. The van der Waals surface area contributed by atoms with E-state index < -0.39 is 0 Å². The molecule has 19 heavy (non-hydrogen) atoms. The molecule has 2 N–H and O–H groups in total. The highest BCUT2D eigenvalue weighted by molar-refractivity contribution is 5.46. The monoisotopic (exact) mass is 260 g/mol. The lowest BCUT2D eigenvalue weighted by atomic mass is 10.1. The van der Waals surface area contributed by atoms with E-state index in [0.717, 1.165) is 37.4 Å². The van der Waals surface area contributed by atoms with Crippen LogP contribution < -0.4 is 15.5 Å². The molecule has 2 aliphatic heterocycles. The van der Waals surface area contributed by atoms with E-state index in [9.17, 15) is 0 Å². The van der Waals surface area contributed by atoms with Crippen LogP contribution in [0.5, 0.6) is 0 Å². The van der Waals surface area contributed by atoms with Gasteiger partial charge >= 0.3 is 0 Å². The standard InChI is InChI=1S/C13H20N6/c14-11-15-12(18-5-1-2-6-18)17-13(16-11)19-8-9-3-4-10(19)7-9/h9-10H,1-8H2,(H2,14,15,16,17). The molecule has 0 amide bonds. The van der Waals surface area contributed by atoms with Gasteiger partial charge in [0.2, 0.25) is 17.8 Å². The van der Waals surface area contributed by atoms with Gasteiger partial charge in [-0.15, -0.1) is 0 Å². The van der Waals surface area contributed by atoms with Gasteiger partial charge < -0.3 is 15.5 Å². The number of nitrogens with two attached hydrogens (primary N) is 1. The SMILES string of the molecule is Nc1nc(N2CCCC2)nc(N2CC3CCC2C3)n1. The first-order valence-electron chi connectivity index (χ1n) is 7.33. The third kappa shape index (κ3) is 1.89. The first-order valence-corrected chi connectivity index (χ1v) is 7.33. The number of fused-ring (bicyclic) bond motifs is 2. The van der Waals surface area contributed by atoms with Crippen LogP contribution in [0.3, 0.4) is 0 Å². The van der Waals surface area contributed by atoms with Gasteiger partial charge in [-0.25, -0.2) is 0 Å². The van der Waals surface area contributed by atoms with E-state index in [0.29, 0.717) is 12.0 Å². The lowest BCUT2D eigenvalue weighted by Gasteiger charge is -2.27. The molecule has 6 nitrogen and oxygen atoms in total. The van der Waals surface area contributed by atoms with E-state index in [2.05, 4.69) is 24.8 Å². The number of aromatic nitrogens is 3. The summed E-state index contributed by atoms with van der Waals surface area (Å²) in [5.74, 6) is 2.75. The lowest BCUT2D eigenvalue weighted by molar-refractivity contribution is 0.546. The summed E-state index contributed by atoms with van der Waals surface area (Å²) in [7, 11) is 0. The van der Waals surface area contributed by atoms with E-state index in [4.69, 9.17) is 5.73 Å². The predicted molar refractivity (Wildman–Crippen MR) is 74.2 cm³/mol. The number of hydrogen-bond donors (Lipinski definition) is 1. The minimum Gasteiger partial charge on any atom is -0.368 e. The molecule has 3 fully saturated rings. The molecule has 2 saturated heterocycles. The summed E-state index contributed by atoms with van der Waals surface area (Å²) in [5.41, 5.74) is 5.88. The van der Waals surface area contributed by atoms with Gasteiger partial charge in [-0.05, 0) is 38.0 Å². The highest BCUT2D eigenvalue weighted by atomic mass is 15.4. The molecule has 6 heteroatoms. The summed E-state index contributed by atoms with van der Waals surface area (Å²) in [6.07, 6.45) is 6.37. The van der Waals surface area contributed by atoms with Crippen LogP contribution in [0.2, 0.25) is 0 Å². The fraction of sp³-hybridized carbons (Fsp3) is 0.769. The zero-order valence-electron chi connectivity index (χ0n) is 11.1. The van der Waals surface area contributed by atoms with Crippen LogP contribution in [0.25, 0.3) is 0 Å². The number of rotatable bonds is 2. The first-order chi connectivity index (χ1) is 9.29. The minimum atomic E-state index is 0.356. The Morgan fingerprint density at radius 3 is 2.47 bits per heavy atom. The van der Waals surface area contributed by atoms with Crippen LogP contribution in [0.4, 0.5) is 17.8 Å². The first kappa shape index (κ1) is 11.3. The molecule has 2 atom stereocenters. The summed E-state index contributed by atoms with van der Waals surface area (Å²) < 4.78 is 0. The van der Waals surface area contributed by atoms with Crippen molar-refractivity contribution in [3.05, 3.63) is 0 Å². The van der Waals surface area contributed by atoms with Crippen LogP contribution in [-0.2, 0) is 0 Å². The van der Waals surface area contributed by atoms with Gasteiger partial charge in [0.1, 0.15) is 0 Å². The predicted octanol–water partition coefficient (Wildman–Crippen LogP) is 1.04. The second kappa shape index (κ2) is 4.21. The smallest absolute Gasteiger partial charge is 0.232 e. The van der Waals surface area contributed by atoms with Gasteiger partial charge in [0, 0.05) is 25.7 Å². The van der Waals surface area contributed by atoms with Gasteiger partial charge in [-0.2, -0.15) is 15.0 Å². The highest BCUT2D eigenvalue weighted by Crippen LogP contribution is 2.39.